The number of nitrogens with zero attached hydrogens (tertiary/aromatic N) is 3. The van der Waals surface area contributed by atoms with Gasteiger partial charge in [-0.1, -0.05) is 11.6 Å². The summed E-state index contributed by atoms with van der Waals surface area (Å²) in [5.74, 6) is -0.149. The van der Waals surface area contributed by atoms with Crippen molar-refractivity contribution < 1.29 is 9.59 Å². The Bertz CT molecular complexity index is 822. The molecular weight excluding hydrogens is 304 g/mol. The fourth-order valence-corrected chi connectivity index (χ4v) is 3.54. The molecule has 1 aromatic heterocycles. The number of amides is 2. The van der Waals surface area contributed by atoms with E-state index in [0.29, 0.717) is 25.6 Å². The zero-order chi connectivity index (χ0) is 16.8. The number of hydrogen-bond acceptors (Lipinski definition) is 3. The van der Waals surface area contributed by atoms with Crippen LogP contribution in [0.15, 0.2) is 18.2 Å². The summed E-state index contributed by atoms with van der Waals surface area (Å²) in [4.78, 5) is 26.3. The van der Waals surface area contributed by atoms with Gasteiger partial charge in [0.2, 0.25) is 11.8 Å². The number of carbonyl (C=O) groups is 2. The van der Waals surface area contributed by atoms with E-state index in [0.717, 1.165) is 29.4 Å². The smallest absolute Gasteiger partial charge is 0.225 e. The first-order chi connectivity index (χ1) is 11.5. The van der Waals surface area contributed by atoms with Crippen LogP contribution < -0.4 is 5.32 Å². The molecule has 1 atom stereocenters. The van der Waals surface area contributed by atoms with Crippen LogP contribution >= 0.6 is 0 Å². The van der Waals surface area contributed by atoms with E-state index in [1.165, 1.54) is 5.56 Å². The number of aryl methyl sites for hydroxylation is 2. The number of nitrogens with one attached hydrogen (secondary N) is 1. The highest BCUT2D eigenvalue weighted by molar-refractivity contribution is 5.90. The van der Waals surface area contributed by atoms with E-state index in [1.807, 2.05) is 29.6 Å². The maximum atomic E-state index is 12.4. The van der Waals surface area contributed by atoms with Gasteiger partial charge in [0.15, 0.2) is 0 Å². The molecule has 2 amide bonds. The van der Waals surface area contributed by atoms with Gasteiger partial charge < -0.3 is 10.2 Å². The quantitative estimate of drug-likeness (QED) is 0.926. The molecule has 1 N–H and O–H groups in total. The second-order valence-corrected chi connectivity index (χ2v) is 6.99. The Labute approximate surface area is 140 Å². The first-order valence-electron chi connectivity index (χ1n) is 8.52. The molecule has 2 aromatic rings. The number of hydrogen-bond donors (Lipinski definition) is 1. The van der Waals surface area contributed by atoms with E-state index in [1.54, 1.807) is 0 Å². The molecule has 1 saturated carbocycles. The van der Waals surface area contributed by atoms with Crippen LogP contribution in [-0.4, -0.2) is 39.1 Å². The maximum absolute atomic E-state index is 12.4. The van der Waals surface area contributed by atoms with Gasteiger partial charge >= 0.3 is 0 Å². The molecule has 1 aromatic carbocycles. The molecule has 2 fully saturated rings. The van der Waals surface area contributed by atoms with Crippen LogP contribution in [-0.2, 0) is 23.2 Å². The third-order valence-electron chi connectivity index (χ3n) is 5.03. The summed E-state index contributed by atoms with van der Waals surface area (Å²) in [7, 11) is 1.91. The largest absolute Gasteiger partial charge is 0.350 e. The van der Waals surface area contributed by atoms with E-state index in [-0.39, 0.29) is 17.7 Å². The Morgan fingerprint density at radius 3 is 2.92 bits per heavy atom. The Morgan fingerprint density at radius 2 is 2.17 bits per heavy atom. The molecule has 2 heterocycles. The topological polar surface area (TPSA) is 67.2 Å². The first-order valence-corrected chi connectivity index (χ1v) is 8.52. The molecule has 6 nitrogen and oxygen atoms in total. The van der Waals surface area contributed by atoms with Crippen LogP contribution in [0.2, 0.25) is 0 Å². The van der Waals surface area contributed by atoms with Crippen molar-refractivity contribution in [3.05, 3.63) is 29.5 Å². The summed E-state index contributed by atoms with van der Waals surface area (Å²) in [5.41, 5.74) is 3.10. The van der Waals surface area contributed by atoms with Gasteiger partial charge in [0.25, 0.3) is 0 Å². The summed E-state index contributed by atoms with van der Waals surface area (Å²) in [6, 6.07) is 6.59. The fraction of sp³-hybridized carbons (Fsp3) is 0.500. The summed E-state index contributed by atoms with van der Waals surface area (Å²) in [6.45, 7) is 3.01. The number of likely N-dealkylation sites (tertiary alicyclic amines) is 1. The molecule has 1 saturated heterocycles. The van der Waals surface area contributed by atoms with E-state index in [9.17, 15) is 9.59 Å². The molecule has 0 spiro atoms. The Balaban J connectivity index is 1.44. The predicted octanol–water partition coefficient (Wildman–Crippen LogP) is 1.51. The lowest BCUT2D eigenvalue weighted by atomic mass is 10.1. The average molecular weight is 326 g/mol. The molecule has 1 aliphatic carbocycles. The summed E-state index contributed by atoms with van der Waals surface area (Å²) in [5, 5.41) is 8.56. The van der Waals surface area contributed by atoms with E-state index in [4.69, 9.17) is 0 Å². The van der Waals surface area contributed by atoms with Crippen molar-refractivity contribution in [3.8, 4) is 0 Å². The monoisotopic (exact) mass is 326 g/mol. The van der Waals surface area contributed by atoms with Crippen molar-refractivity contribution in [2.45, 2.75) is 38.8 Å². The zero-order valence-corrected chi connectivity index (χ0v) is 14.1. The lowest BCUT2D eigenvalue weighted by Crippen LogP contribution is -2.33. The van der Waals surface area contributed by atoms with Crippen LogP contribution in [0.5, 0.6) is 0 Å². The van der Waals surface area contributed by atoms with E-state index < -0.39 is 0 Å². The Hall–Kier alpha value is -2.37. The van der Waals surface area contributed by atoms with Gasteiger partial charge in [-0.3, -0.25) is 14.3 Å². The normalized spacial score (nSPS) is 20.8. The predicted molar refractivity (Wildman–Crippen MR) is 90.1 cm³/mol. The molecule has 0 radical (unpaired) electrons. The molecule has 0 unspecified atom stereocenters. The number of rotatable bonds is 4. The molecule has 4 rings (SSSR count). The van der Waals surface area contributed by atoms with Gasteiger partial charge in [0.1, 0.15) is 0 Å². The second-order valence-electron chi connectivity index (χ2n) is 6.99. The standard InChI is InChI=1S/C18H22N4O2/c1-11-3-6-16-14(7-11)15(20-21(16)2)9-19-18(24)12-8-17(23)22(10-12)13-4-5-13/h3,6-7,12-13H,4-5,8-10H2,1-2H3,(H,19,24)/t12-/m0/s1. The van der Waals surface area contributed by atoms with Crippen molar-refractivity contribution in [1.29, 1.82) is 0 Å². The van der Waals surface area contributed by atoms with Gasteiger partial charge in [-0.2, -0.15) is 5.10 Å². The summed E-state index contributed by atoms with van der Waals surface area (Å²) in [6.07, 6.45) is 2.50. The average Bonchev–Trinajstić information content (AvgIpc) is 3.25. The second kappa shape index (κ2) is 5.61. The molecule has 2 aliphatic rings. The Morgan fingerprint density at radius 1 is 1.38 bits per heavy atom. The van der Waals surface area contributed by atoms with Gasteiger partial charge in [-0.15, -0.1) is 0 Å². The lowest BCUT2D eigenvalue weighted by Gasteiger charge is -2.15. The van der Waals surface area contributed by atoms with Gasteiger partial charge in [-0.25, -0.2) is 0 Å². The molecule has 0 bridgehead atoms. The van der Waals surface area contributed by atoms with Gasteiger partial charge in [-0.05, 0) is 31.9 Å². The molecule has 6 heteroatoms. The van der Waals surface area contributed by atoms with Crippen LogP contribution in [0.1, 0.15) is 30.5 Å². The molecule has 1 aliphatic heterocycles. The van der Waals surface area contributed by atoms with Crippen molar-refractivity contribution in [1.82, 2.24) is 20.0 Å². The third-order valence-corrected chi connectivity index (χ3v) is 5.03. The minimum Gasteiger partial charge on any atom is -0.350 e. The van der Waals surface area contributed by atoms with E-state index >= 15 is 0 Å². The highest BCUT2D eigenvalue weighted by atomic mass is 16.2. The zero-order valence-electron chi connectivity index (χ0n) is 14.1. The van der Waals surface area contributed by atoms with Crippen molar-refractivity contribution in [2.24, 2.45) is 13.0 Å². The molecule has 126 valence electrons. The third kappa shape index (κ3) is 2.66. The van der Waals surface area contributed by atoms with Crippen molar-refractivity contribution in [2.75, 3.05) is 6.54 Å². The SMILES string of the molecule is Cc1ccc2c(c1)c(CNC(=O)[C@H]1CC(=O)N(C3CC3)C1)nn2C. The lowest BCUT2D eigenvalue weighted by molar-refractivity contribution is -0.129. The minimum absolute atomic E-state index is 0.0436. The molecule has 24 heavy (non-hydrogen) atoms. The van der Waals surface area contributed by atoms with Crippen molar-refractivity contribution in [3.63, 3.8) is 0 Å². The first kappa shape index (κ1) is 15.2. The number of aromatic nitrogens is 2. The Kier molecular flexibility index (Phi) is 3.55. The van der Waals surface area contributed by atoms with Crippen LogP contribution in [0, 0.1) is 12.8 Å². The van der Waals surface area contributed by atoms with Crippen LogP contribution in [0.25, 0.3) is 10.9 Å². The number of carbonyl (C=O) groups excluding carboxylic acids is 2. The van der Waals surface area contributed by atoms with Gasteiger partial charge in [0.05, 0.1) is 23.7 Å². The summed E-state index contributed by atoms with van der Waals surface area (Å²) >= 11 is 0. The molecular formula is C18H22N4O2. The van der Waals surface area contributed by atoms with Crippen molar-refractivity contribution >= 4 is 22.7 Å². The van der Waals surface area contributed by atoms with Crippen LogP contribution in [0.3, 0.4) is 0 Å². The number of benzene rings is 1. The number of fused-ring (bicyclic) bond motifs is 1. The fourth-order valence-electron chi connectivity index (χ4n) is 3.54. The maximum Gasteiger partial charge on any atom is 0.225 e. The highest BCUT2D eigenvalue weighted by Gasteiger charge is 2.41. The van der Waals surface area contributed by atoms with Gasteiger partial charge in [0, 0.05) is 31.4 Å². The van der Waals surface area contributed by atoms with E-state index in [2.05, 4.69) is 22.5 Å². The summed E-state index contributed by atoms with van der Waals surface area (Å²) < 4.78 is 1.84. The highest BCUT2D eigenvalue weighted by Crippen LogP contribution is 2.32. The van der Waals surface area contributed by atoms with Crippen LogP contribution in [0.4, 0.5) is 0 Å². The minimum atomic E-state index is -0.227.